The number of likely N-dealkylation sites (tertiary alicyclic amines) is 1. The number of aromatic nitrogens is 1. The molecule has 0 N–H and O–H groups in total. The molecule has 2 heterocycles. The number of hydrogen-bond donors (Lipinski definition) is 0. The summed E-state index contributed by atoms with van der Waals surface area (Å²) in [6, 6.07) is 4.55. The summed E-state index contributed by atoms with van der Waals surface area (Å²) in [5, 5.41) is 0. The average Bonchev–Trinajstić information content (AvgIpc) is 2.54. The van der Waals surface area contributed by atoms with Gasteiger partial charge in [0.1, 0.15) is 6.61 Å². The molecule has 5 heteroatoms. The van der Waals surface area contributed by atoms with Crippen LogP contribution in [0, 0.1) is 0 Å². The number of hydrogen-bond acceptors (Lipinski definition) is 5. The summed E-state index contributed by atoms with van der Waals surface area (Å²) < 4.78 is 16.5. The molecule has 1 aromatic rings. The number of pyridine rings is 1. The molecule has 0 spiro atoms. The molecule has 5 nitrogen and oxygen atoms in total. The zero-order valence-electron chi connectivity index (χ0n) is 14.0. The third kappa shape index (κ3) is 5.55. The van der Waals surface area contributed by atoms with Crippen LogP contribution in [0.25, 0.3) is 0 Å². The molecule has 0 aromatic carbocycles. The van der Waals surface area contributed by atoms with E-state index in [1.165, 1.54) is 0 Å². The minimum Gasteiger partial charge on any atom is -0.475 e. The Balaban J connectivity index is 1.74. The minimum atomic E-state index is 0.362. The normalized spacial score (nSPS) is 17.1. The summed E-state index contributed by atoms with van der Waals surface area (Å²) in [5.74, 6) is 0.632. The molecular formula is C17H28N2O3. The summed E-state index contributed by atoms with van der Waals surface area (Å²) in [5.41, 5.74) is 1.11. The van der Waals surface area contributed by atoms with E-state index in [-0.39, 0.29) is 0 Å². The standard InChI is InChI=1S/C17H28N2O3/c1-14(2)19-8-5-16(6-9-19)22-13-15-4-7-18-17(12-15)21-11-10-20-3/h4,7,12,14,16H,5-6,8-11,13H2,1-3H3. The molecule has 0 radical (unpaired) electrons. The van der Waals surface area contributed by atoms with Crippen molar-refractivity contribution in [3.8, 4) is 5.88 Å². The molecule has 0 saturated carbocycles. The van der Waals surface area contributed by atoms with E-state index in [0.717, 1.165) is 31.5 Å². The van der Waals surface area contributed by atoms with Gasteiger partial charge >= 0.3 is 0 Å². The van der Waals surface area contributed by atoms with Crippen molar-refractivity contribution in [2.45, 2.75) is 45.4 Å². The topological polar surface area (TPSA) is 43.8 Å². The molecule has 1 fully saturated rings. The molecular weight excluding hydrogens is 280 g/mol. The molecule has 1 saturated heterocycles. The highest BCUT2D eigenvalue weighted by Gasteiger charge is 2.21. The van der Waals surface area contributed by atoms with E-state index in [9.17, 15) is 0 Å². The molecule has 0 atom stereocenters. The SMILES string of the molecule is COCCOc1cc(COC2CCN(C(C)C)CC2)ccn1. The van der Waals surface area contributed by atoms with Crippen LogP contribution in [0.3, 0.4) is 0 Å². The van der Waals surface area contributed by atoms with Gasteiger partial charge in [-0.1, -0.05) is 0 Å². The Bertz CT molecular complexity index is 432. The molecule has 0 unspecified atom stereocenters. The third-order valence-corrected chi connectivity index (χ3v) is 4.03. The van der Waals surface area contributed by atoms with Crippen LogP contribution >= 0.6 is 0 Å². The van der Waals surface area contributed by atoms with Gasteiger partial charge in [0.15, 0.2) is 0 Å². The van der Waals surface area contributed by atoms with Gasteiger partial charge in [0.05, 0.1) is 19.3 Å². The van der Waals surface area contributed by atoms with Crippen LogP contribution in [0.4, 0.5) is 0 Å². The molecule has 0 aliphatic carbocycles. The zero-order valence-corrected chi connectivity index (χ0v) is 14.0. The lowest BCUT2D eigenvalue weighted by Gasteiger charge is -2.34. The van der Waals surface area contributed by atoms with Crippen molar-refractivity contribution in [2.24, 2.45) is 0 Å². The smallest absolute Gasteiger partial charge is 0.213 e. The number of rotatable bonds is 8. The Labute approximate surface area is 133 Å². The van der Waals surface area contributed by atoms with E-state index in [1.807, 2.05) is 12.1 Å². The Morgan fingerprint density at radius 2 is 2.05 bits per heavy atom. The first-order valence-electron chi connectivity index (χ1n) is 8.11. The van der Waals surface area contributed by atoms with Crippen molar-refractivity contribution < 1.29 is 14.2 Å². The number of ether oxygens (including phenoxy) is 3. The minimum absolute atomic E-state index is 0.362. The number of methoxy groups -OCH3 is 1. The first-order valence-corrected chi connectivity index (χ1v) is 8.11. The first-order chi connectivity index (χ1) is 10.7. The van der Waals surface area contributed by atoms with E-state index in [4.69, 9.17) is 14.2 Å². The summed E-state index contributed by atoms with van der Waals surface area (Å²) in [4.78, 5) is 6.70. The molecule has 2 rings (SSSR count). The van der Waals surface area contributed by atoms with Crippen molar-refractivity contribution in [3.05, 3.63) is 23.9 Å². The second-order valence-corrected chi connectivity index (χ2v) is 5.98. The molecule has 0 amide bonds. The Morgan fingerprint density at radius 1 is 1.27 bits per heavy atom. The second-order valence-electron chi connectivity index (χ2n) is 5.98. The van der Waals surface area contributed by atoms with Gasteiger partial charge < -0.3 is 19.1 Å². The summed E-state index contributed by atoms with van der Waals surface area (Å²) >= 11 is 0. The monoisotopic (exact) mass is 308 g/mol. The lowest BCUT2D eigenvalue weighted by atomic mass is 10.1. The van der Waals surface area contributed by atoms with Gasteiger partial charge in [0.25, 0.3) is 0 Å². The fourth-order valence-corrected chi connectivity index (χ4v) is 2.62. The molecule has 1 aromatic heterocycles. The maximum Gasteiger partial charge on any atom is 0.213 e. The van der Waals surface area contributed by atoms with E-state index < -0.39 is 0 Å². The Hall–Kier alpha value is -1.17. The quantitative estimate of drug-likeness (QED) is 0.690. The predicted octanol–water partition coefficient (Wildman–Crippen LogP) is 2.50. The van der Waals surface area contributed by atoms with Crippen LogP contribution in [0.15, 0.2) is 18.3 Å². The summed E-state index contributed by atoms with van der Waals surface area (Å²) in [6.45, 7) is 8.47. The van der Waals surface area contributed by atoms with E-state index in [1.54, 1.807) is 13.3 Å². The number of nitrogens with zero attached hydrogens (tertiary/aromatic N) is 2. The van der Waals surface area contributed by atoms with Gasteiger partial charge in [-0.05, 0) is 38.3 Å². The van der Waals surface area contributed by atoms with Crippen molar-refractivity contribution in [2.75, 3.05) is 33.4 Å². The van der Waals surface area contributed by atoms with Gasteiger partial charge in [-0.2, -0.15) is 0 Å². The molecule has 22 heavy (non-hydrogen) atoms. The lowest BCUT2D eigenvalue weighted by Crippen LogP contribution is -2.40. The van der Waals surface area contributed by atoms with Gasteiger partial charge in [-0.25, -0.2) is 4.98 Å². The summed E-state index contributed by atoms with van der Waals surface area (Å²) in [6.07, 6.45) is 4.35. The van der Waals surface area contributed by atoms with Crippen molar-refractivity contribution in [3.63, 3.8) is 0 Å². The van der Waals surface area contributed by atoms with Crippen molar-refractivity contribution in [1.82, 2.24) is 9.88 Å². The largest absolute Gasteiger partial charge is 0.475 e. The van der Waals surface area contributed by atoms with Crippen molar-refractivity contribution >= 4 is 0 Å². The fourth-order valence-electron chi connectivity index (χ4n) is 2.62. The second kappa shape index (κ2) is 9.08. The highest BCUT2D eigenvalue weighted by atomic mass is 16.5. The Morgan fingerprint density at radius 3 is 2.73 bits per heavy atom. The van der Waals surface area contributed by atoms with Crippen LogP contribution in [0.2, 0.25) is 0 Å². The summed E-state index contributed by atoms with van der Waals surface area (Å²) in [7, 11) is 1.66. The van der Waals surface area contributed by atoms with E-state index >= 15 is 0 Å². The zero-order chi connectivity index (χ0) is 15.8. The predicted molar refractivity (Wildman–Crippen MR) is 86.1 cm³/mol. The first kappa shape index (κ1) is 17.2. The molecule has 1 aliphatic rings. The van der Waals surface area contributed by atoms with Crippen LogP contribution in [-0.4, -0.2) is 55.4 Å². The fraction of sp³-hybridized carbons (Fsp3) is 0.706. The maximum atomic E-state index is 6.04. The van der Waals surface area contributed by atoms with Crippen LogP contribution in [-0.2, 0) is 16.1 Å². The van der Waals surface area contributed by atoms with Crippen LogP contribution in [0.1, 0.15) is 32.3 Å². The molecule has 0 bridgehead atoms. The highest BCUT2D eigenvalue weighted by molar-refractivity contribution is 5.19. The third-order valence-electron chi connectivity index (χ3n) is 4.03. The maximum absolute atomic E-state index is 6.04. The van der Waals surface area contributed by atoms with Gasteiger partial charge in [0.2, 0.25) is 5.88 Å². The Kier molecular flexibility index (Phi) is 7.09. The van der Waals surface area contributed by atoms with Crippen molar-refractivity contribution in [1.29, 1.82) is 0 Å². The van der Waals surface area contributed by atoms with Crippen LogP contribution < -0.4 is 4.74 Å². The van der Waals surface area contributed by atoms with Gasteiger partial charge in [-0.15, -0.1) is 0 Å². The van der Waals surface area contributed by atoms with Crippen LogP contribution in [0.5, 0.6) is 5.88 Å². The van der Waals surface area contributed by atoms with E-state index in [2.05, 4.69) is 23.7 Å². The molecule has 1 aliphatic heterocycles. The van der Waals surface area contributed by atoms with E-state index in [0.29, 0.717) is 37.8 Å². The van der Waals surface area contributed by atoms with Gasteiger partial charge in [-0.3, -0.25) is 0 Å². The number of piperidine rings is 1. The average molecular weight is 308 g/mol. The molecule has 124 valence electrons. The lowest BCUT2D eigenvalue weighted by molar-refractivity contribution is -0.00812. The van der Waals surface area contributed by atoms with Gasteiger partial charge in [0, 0.05) is 38.5 Å². The highest BCUT2D eigenvalue weighted by Crippen LogP contribution is 2.18.